The van der Waals surface area contributed by atoms with Crippen LogP contribution >= 0.6 is 0 Å². The number of aliphatic hydroxyl groups is 1. The molecule has 8 nitrogen and oxygen atoms in total. The molecule has 1 aliphatic rings. The van der Waals surface area contributed by atoms with E-state index in [9.17, 15) is 23.5 Å². The number of aromatic nitrogens is 1. The lowest BCUT2D eigenvalue weighted by Crippen LogP contribution is -2.50. The van der Waals surface area contributed by atoms with Crippen LogP contribution in [0.1, 0.15) is 76.9 Å². The van der Waals surface area contributed by atoms with Gasteiger partial charge in [0, 0.05) is 53.5 Å². The maximum atomic E-state index is 14.2. The SMILES string of the molecule is C#Cc1cccc(C2(NC[C@@H](O)[C@H](Cc3cc(F)cc(F)c3)NC(=O)c3cc(C(=O)N(CCC)CCC)cc(-c4ncco4)c3)CC2)c1. The van der Waals surface area contributed by atoms with Gasteiger partial charge in [-0.2, -0.15) is 0 Å². The largest absolute Gasteiger partial charge is 0.445 e. The second-order valence-electron chi connectivity index (χ2n) is 12.2. The van der Waals surface area contributed by atoms with E-state index in [1.54, 1.807) is 17.0 Å². The third-order valence-corrected chi connectivity index (χ3v) is 8.54. The molecule has 0 unspecified atom stereocenters. The summed E-state index contributed by atoms with van der Waals surface area (Å²) in [6.07, 6.45) is 10.4. The van der Waals surface area contributed by atoms with Gasteiger partial charge >= 0.3 is 0 Å². The quantitative estimate of drug-likeness (QED) is 0.139. The van der Waals surface area contributed by atoms with Gasteiger partial charge in [-0.25, -0.2) is 13.8 Å². The van der Waals surface area contributed by atoms with E-state index in [-0.39, 0.29) is 47.0 Å². The Balaban J connectivity index is 1.43. The Labute approximate surface area is 279 Å². The number of hydrogen-bond acceptors (Lipinski definition) is 6. The summed E-state index contributed by atoms with van der Waals surface area (Å²) < 4.78 is 33.8. The van der Waals surface area contributed by atoms with Crippen molar-refractivity contribution in [2.24, 2.45) is 0 Å². The maximum absolute atomic E-state index is 14.2. The highest BCUT2D eigenvalue weighted by Gasteiger charge is 2.44. The number of rotatable bonds is 15. The molecule has 250 valence electrons. The van der Waals surface area contributed by atoms with Crippen LogP contribution in [-0.2, 0) is 12.0 Å². The highest BCUT2D eigenvalue weighted by molar-refractivity contribution is 6.01. The van der Waals surface area contributed by atoms with E-state index in [2.05, 4.69) is 21.5 Å². The highest BCUT2D eigenvalue weighted by atomic mass is 19.1. The van der Waals surface area contributed by atoms with E-state index >= 15 is 0 Å². The number of nitrogens with one attached hydrogen (secondary N) is 2. The summed E-state index contributed by atoms with van der Waals surface area (Å²) in [4.78, 5) is 33.5. The molecule has 4 aromatic rings. The van der Waals surface area contributed by atoms with Crippen LogP contribution in [0.3, 0.4) is 0 Å². The molecule has 3 N–H and O–H groups in total. The third-order valence-electron chi connectivity index (χ3n) is 8.54. The van der Waals surface area contributed by atoms with E-state index < -0.39 is 29.7 Å². The molecule has 1 aliphatic carbocycles. The number of oxazole rings is 1. The Morgan fingerprint density at radius 3 is 2.38 bits per heavy atom. The molecule has 2 amide bonds. The molecular formula is C38H40F2N4O4. The fourth-order valence-electron chi connectivity index (χ4n) is 5.97. The molecule has 0 aliphatic heterocycles. The number of hydrogen-bond donors (Lipinski definition) is 3. The lowest BCUT2D eigenvalue weighted by molar-refractivity contribution is 0.0755. The zero-order valence-corrected chi connectivity index (χ0v) is 27.1. The molecule has 1 aromatic heterocycles. The van der Waals surface area contributed by atoms with Crippen molar-refractivity contribution in [3.8, 4) is 23.8 Å². The molecule has 48 heavy (non-hydrogen) atoms. The molecular weight excluding hydrogens is 614 g/mol. The Bertz CT molecular complexity index is 1760. The number of halogens is 2. The normalized spacial score (nSPS) is 14.5. The van der Waals surface area contributed by atoms with E-state index in [4.69, 9.17) is 10.8 Å². The maximum Gasteiger partial charge on any atom is 0.253 e. The lowest BCUT2D eigenvalue weighted by atomic mass is 9.98. The minimum Gasteiger partial charge on any atom is -0.445 e. The molecule has 1 fully saturated rings. The Hall–Kier alpha value is -4.85. The molecule has 1 heterocycles. The van der Waals surface area contributed by atoms with Crippen molar-refractivity contribution in [1.29, 1.82) is 0 Å². The first-order valence-corrected chi connectivity index (χ1v) is 16.2. The van der Waals surface area contributed by atoms with Crippen molar-refractivity contribution in [2.75, 3.05) is 19.6 Å². The Morgan fingerprint density at radius 2 is 1.75 bits per heavy atom. The van der Waals surface area contributed by atoms with Crippen LogP contribution in [-0.4, -0.2) is 58.6 Å². The number of benzene rings is 3. The van der Waals surface area contributed by atoms with E-state index in [0.29, 0.717) is 18.7 Å². The number of terminal acetylenes is 1. The van der Waals surface area contributed by atoms with Gasteiger partial charge in [0.05, 0.1) is 18.3 Å². The zero-order valence-electron chi connectivity index (χ0n) is 27.1. The first-order valence-electron chi connectivity index (χ1n) is 16.2. The summed E-state index contributed by atoms with van der Waals surface area (Å²) in [5.74, 6) is 0.529. The Morgan fingerprint density at radius 1 is 1.04 bits per heavy atom. The van der Waals surface area contributed by atoms with Crippen molar-refractivity contribution in [2.45, 2.75) is 63.6 Å². The summed E-state index contributed by atoms with van der Waals surface area (Å²) in [7, 11) is 0. The van der Waals surface area contributed by atoms with Gasteiger partial charge in [0.15, 0.2) is 0 Å². The van der Waals surface area contributed by atoms with Crippen LogP contribution in [0.5, 0.6) is 0 Å². The topological polar surface area (TPSA) is 108 Å². The van der Waals surface area contributed by atoms with Crippen molar-refractivity contribution in [3.05, 3.63) is 113 Å². The predicted molar refractivity (Wildman–Crippen MR) is 179 cm³/mol. The number of carbonyl (C=O) groups excluding carboxylic acids is 2. The van der Waals surface area contributed by atoms with Gasteiger partial charge in [0.2, 0.25) is 5.89 Å². The van der Waals surface area contributed by atoms with Gasteiger partial charge in [0.25, 0.3) is 11.8 Å². The van der Waals surface area contributed by atoms with Gasteiger partial charge in [-0.05, 0) is 85.7 Å². The average molecular weight is 655 g/mol. The Kier molecular flexibility index (Phi) is 11.0. The number of aliphatic hydroxyl groups excluding tert-OH is 1. The highest BCUT2D eigenvalue weighted by Crippen LogP contribution is 2.45. The molecule has 0 saturated heterocycles. The van der Waals surface area contributed by atoms with Crippen LogP contribution in [0.15, 0.2) is 77.5 Å². The summed E-state index contributed by atoms with van der Waals surface area (Å²) in [6, 6.07) is 14.5. The van der Waals surface area contributed by atoms with Crippen molar-refractivity contribution >= 4 is 11.8 Å². The monoisotopic (exact) mass is 654 g/mol. The summed E-state index contributed by atoms with van der Waals surface area (Å²) >= 11 is 0. The number of carbonyl (C=O) groups is 2. The summed E-state index contributed by atoms with van der Waals surface area (Å²) in [5, 5.41) is 17.8. The number of nitrogens with zero attached hydrogens (tertiary/aromatic N) is 2. The molecule has 2 atom stereocenters. The minimum atomic E-state index is -1.16. The third kappa shape index (κ3) is 8.35. The molecule has 3 aromatic carbocycles. The fraction of sp³-hybridized carbons (Fsp3) is 0.342. The first-order chi connectivity index (χ1) is 23.1. The molecule has 1 saturated carbocycles. The molecule has 5 rings (SSSR count). The van der Waals surface area contributed by atoms with Gasteiger partial charge in [-0.1, -0.05) is 31.9 Å². The van der Waals surface area contributed by atoms with E-state index in [0.717, 1.165) is 42.9 Å². The minimum absolute atomic E-state index is 0.0607. The van der Waals surface area contributed by atoms with E-state index in [1.807, 2.05) is 38.1 Å². The van der Waals surface area contributed by atoms with Gasteiger partial charge in [-0.15, -0.1) is 6.42 Å². The van der Waals surface area contributed by atoms with Gasteiger partial charge in [-0.3, -0.25) is 9.59 Å². The molecule has 0 bridgehead atoms. The zero-order chi connectivity index (χ0) is 34.3. The fourth-order valence-corrected chi connectivity index (χ4v) is 5.97. The van der Waals surface area contributed by atoms with Crippen LogP contribution in [0.25, 0.3) is 11.5 Å². The average Bonchev–Trinajstić information content (AvgIpc) is 3.67. The first kappa shape index (κ1) is 34.5. The predicted octanol–water partition coefficient (Wildman–Crippen LogP) is 5.84. The smallest absolute Gasteiger partial charge is 0.253 e. The lowest BCUT2D eigenvalue weighted by Gasteiger charge is -2.28. The molecule has 0 radical (unpaired) electrons. The molecule has 0 spiro atoms. The summed E-state index contributed by atoms with van der Waals surface area (Å²) in [5.41, 5.74) is 2.49. The summed E-state index contributed by atoms with van der Waals surface area (Å²) in [6.45, 7) is 5.16. The van der Waals surface area contributed by atoms with Gasteiger partial charge < -0.3 is 25.1 Å². The second-order valence-corrected chi connectivity index (χ2v) is 12.2. The van der Waals surface area contributed by atoms with Crippen LogP contribution in [0, 0.1) is 24.0 Å². The number of amides is 2. The second kappa shape index (κ2) is 15.4. The van der Waals surface area contributed by atoms with Crippen molar-refractivity contribution in [3.63, 3.8) is 0 Å². The molecule has 10 heteroatoms. The van der Waals surface area contributed by atoms with Crippen LogP contribution < -0.4 is 10.6 Å². The van der Waals surface area contributed by atoms with E-state index in [1.165, 1.54) is 30.7 Å². The van der Waals surface area contributed by atoms with Crippen LogP contribution in [0.4, 0.5) is 8.78 Å². The van der Waals surface area contributed by atoms with Crippen LogP contribution in [0.2, 0.25) is 0 Å². The van der Waals surface area contributed by atoms with Gasteiger partial charge in [0.1, 0.15) is 17.9 Å². The standard InChI is InChI=1S/C38H40F2N4O4/c1-4-13-44(14-5-2)37(47)29-21-27(20-28(22-29)36-41-12-15-48-36)35(46)43-33(19-26-17-31(39)23-32(40)18-26)34(45)24-42-38(10-11-38)30-9-7-8-25(6-3)16-30/h3,7-9,12,15-18,20-23,33-34,42,45H,4-5,10-11,13-14,19,24H2,1-2H3,(H,43,46)/t33-,34+/m0/s1. The van der Waals surface area contributed by atoms with Crippen molar-refractivity contribution < 1.29 is 27.9 Å². The van der Waals surface area contributed by atoms with Crippen molar-refractivity contribution in [1.82, 2.24) is 20.5 Å².